The summed E-state index contributed by atoms with van der Waals surface area (Å²) in [5, 5.41) is 0. The standard InChI is InChI=1S/C21H34O4.2C19H30O4/c1-5-20(3,4)19(23)24-17-13-14-11-15(17)16(12-14)18(22)25-21(6-2)9-7-8-10-21;1-18(2,3)17(21)22-15-11-12-9-13(15)14(10-12)16(20)23-19(4)7-5-6-8-19;1-5-18(2,3)17(21)22-11-16(20)23-19(4)14-7-12-6-13(9-14)10-15(19)8-12/h14-17H,5-13H2,1-4H3;2*12-15H,5-11H2,1-4H3. The number of carbonyl (C=O) groups excluding carboxylic acids is 6. The minimum atomic E-state index is -0.549. The Hall–Kier alpha value is -3.18. The molecule has 10 saturated carbocycles. The van der Waals surface area contributed by atoms with Crippen LogP contribution in [-0.2, 0) is 57.2 Å². The molecule has 10 rings (SSSR count). The predicted molar refractivity (Wildman–Crippen MR) is 269 cm³/mol. The van der Waals surface area contributed by atoms with Crippen molar-refractivity contribution in [3.63, 3.8) is 0 Å². The number of carbonyl (C=O) groups is 6. The molecule has 0 aromatic carbocycles. The second-order valence-electron chi connectivity index (χ2n) is 27.1. The molecule has 8 atom stereocenters. The lowest BCUT2D eigenvalue weighted by Gasteiger charge is -2.59. The van der Waals surface area contributed by atoms with Crippen LogP contribution in [0, 0.1) is 75.4 Å². The molecule has 0 N–H and O–H groups in total. The Balaban J connectivity index is 0.000000157. The number of esters is 6. The van der Waals surface area contributed by atoms with Crippen molar-refractivity contribution in [2.24, 2.45) is 75.4 Å². The topological polar surface area (TPSA) is 158 Å². The fraction of sp³-hybridized carbons (Fsp3) is 0.898. The first-order valence-electron chi connectivity index (χ1n) is 28.5. The minimum absolute atomic E-state index is 0.0354. The average molecular weight is 995 g/mol. The molecule has 0 aliphatic heterocycles. The average Bonchev–Trinajstić information content (AvgIpc) is 4.20. The normalized spacial score (nSPS) is 35.7. The monoisotopic (exact) mass is 995 g/mol. The quantitative estimate of drug-likeness (QED) is 0.120. The van der Waals surface area contributed by atoms with E-state index in [-0.39, 0.29) is 95.1 Å². The Kier molecular flexibility index (Phi) is 16.9. The highest BCUT2D eigenvalue weighted by Crippen LogP contribution is 2.60. The minimum Gasteiger partial charge on any atom is -0.462 e. The van der Waals surface area contributed by atoms with Crippen LogP contribution in [0.15, 0.2) is 0 Å². The van der Waals surface area contributed by atoms with Gasteiger partial charge in [-0.2, -0.15) is 0 Å². The van der Waals surface area contributed by atoms with Gasteiger partial charge in [-0.25, -0.2) is 4.79 Å². The van der Waals surface area contributed by atoms with Gasteiger partial charge in [-0.3, -0.25) is 24.0 Å². The fourth-order valence-electron chi connectivity index (χ4n) is 14.5. The van der Waals surface area contributed by atoms with Gasteiger partial charge in [0.25, 0.3) is 0 Å². The van der Waals surface area contributed by atoms with Gasteiger partial charge in [-0.1, -0.05) is 20.8 Å². The van der Waals surface area contributed by atoms with E-state index in [0.717, 1.165) is 115 Å². The van der Waals surface area contributed by atoms with Gasteiger partial charge in [0.2, 0.25) is 0 Å². The molecular formula is C59H94O12. The SMILES string of the molecule is CC1(OC(=O)C2CC3CC(OC(=O)C(C)(C)C)C2C3)CCCC1.CCC(C)(C)C(=O)OCC(=O)OC1(C)C2CC3CC(C2)CC1C3.CCC1(OC(=O)C2CC3CC(OC(=O)C(C)(C)CC)C2C3)CCCC1. The Bertz CT molecular complexity index is 1900. The van der Waals surface area contributed by atoms with E-state index in [1.807, 2.05) is 62.3 Å². The van der Waals surface area contributed by atoms with Crippen molar-refractivity contribution < 1.29 is 57.2 Å². The Labute approximate surface area is 427 Å². The molecule has 0 aromatic heterocycles. The summed E-state index contributed by atoms with van der Waals surface area (Å²) >= 11 is 0. The van der Waals surface area contributed by atoms with Crippen LogP contribution in [0.5, 0.6) is 0 Å². The van der Waals surface area contributed by atoms with Crippen molar-refractivity contribution in [2.45, 2.75) is 253 Å². The van der Waals surface area contributed by atoms with E-state index in [1.54, 1.807) is 0 Å². The maximum atomic E-state index is 12.9. The molecule has 12 heteroatoms. The molecule has 0 aromatic rings. The van der Waals surface area contributed by atoms with Crippen LogP contribution < -0.4 is 0 Å². The summed E-state index contributed by atoms with van der Waals surface area (Å²) in [7, 11) is 0. The first kappa shape index (κ1) is 55.6. The summed E-state index contributed by atoms with van der Waals surface area (Å²) in [5.74, 6) is 2.74. The molecule has 0 spiro atoms. The summed E-state index contributed by atoms with van der Waals surface area (Å²) in [6.45, 7) is 23.1. The Morgan fingerprint density at radius 3 is 1.38 bits per heavy atom. The molecule has 10 aliphatic carbocycles. The zero-order valence-electron chi connectivity index (χ0n) is 46.1. The van der Waals surface area contributed by atoms with Crippen molar-refractivity contribution >= 4 is 35.8 Å². The second kappa shape index (κ2) is 21.6. The van der Waals surface area contributed by atoms with Crippen LogP contribution in [0.1, 0.15) is 224 Å². The van der Waals surface area contributed by atoms with Crippen LogP contribution in [0.3, 0.4) is 0 Å². The number of hydrogen-bond donors (Lipinski definition) is 0. The van der Waals surface area contributed by atoms with Gasteiger partial charge >= 0.3 is 35.8 Å². The first-order valence-corrected chi connectivity index (χ1v) is 28.5. The van der Waals surface area contributed by atoms with Gasteiger partial charge in [0.05, 0.1) is 28.1 Å². The number of ether oxygens (including phenoxy) is 6. The van der Waals surface area contributed by atoms with Gasteiger partial charge < -0.3 is 28.4 Å². The van der Waals surface area contributed by atoms with Crippen LogP contribution in [0.2, 0.25) is 0 Å². The number of fused-ring (bicyclic) bond motifs is 4. The second-order valence-corrected chi connectivity index (χ2v) is 27.1. The van der Waals surface area contributed by atoms with E-state index in [2.05, 4.69) is 20.8 Å². The van der Waals surface area contributed by atoms with E-state index in [1.165, 1.54) is 32.1 Å². The Morgan fingerprint density at radius 2 is 0.930 bits per heavy atom. The molecular weight excluding hydrogens is 901 g/mol. The molecule has 0 radical (unpaired) electrons. The molecule has 8 unspecified atom stereocenters. The molecule has 8 bridgehead atoms. The third kappa shape index (κ3) is 12.5. The summed E-state index contributed by atoms with van der Waals surface area (Å²) < 4.78 is 34.6. The number of hydrogen-bond acceptors (Lipinski definition) is 12. The van der Waals surface area contributed by atoms with Crippen LogP contribution >= 0.6 is 0 Å². The van der Waals surface area contributed by atoms with E-state index >= 15 is 0 Å². The predicted octanol–water partition coefficient (Wildman–Crippen LogP) is 12.2. The fourth-order valence-corrected chi connectivity index (χ4v) is 14.5. The van der Waals surface area contributed by atoms with Gasteiger partial charge in [-0.05, 0) is 239 Å². The van der Waals surface area contributed by atoms with Gasteiger partial charge in [0.15, 0.2) is 6.61 Å². The highest BCUT2D eigenvalue weighted by atomic mass is 16.6. The van der Waals surface area contributed by atoms with E-state index < -0.39 is 16.2 Å². The molecule has 0 saturated heterocycles. The van der Waals surface area contributed by atoms with Crippen molar-refractivity contribution in [1.29, 1.82) is 0 Å². The van der Waals surface area contributed by atoms with Crippen molar-refractivity contribution in [3.05, 3.63) is 0 Å². The zero-order chi connectivity index (χ0) is 51.9. The molecule has 12 nitrogen and oxygen atoms in total. The van der Waals surface area contributed by atoms with Crippen molar-refractivity contribution in [2.75, 3.05) is 6.61 Å². The highest BCUT2D eigenvalue weighted by Gasteiger charge is 2.58. The number of rotatable bonds is 14. The van der Waals surface area contributed by atoms with Crippen LogP contribution in [0.4, 0.5) is 0 Å². The molecule has 71 heavy (non-hydrogen) atoms. The van der Waals surface area contributed by atoms with Crippen molar-refractivity contribution in [3.8, 4) is 0 Å². The third-order valence-corrected chi connectivity index (χ3v) is 20.0. The summed E-state index contributed by atoms with van der Waals surface area (Å²) in [5.41, 5.74) is -2.33. The summed E-state index contributed by atoms with van der Waals surface area (Å²) in [6.07, 6.45) is 22.5. The van der Waals surface area contributed by atoms with Crippen molar-refractivity contribution in [1.82, 2.24) is 0 Å². The van der Waals surface area contributed by atoms with Crippen LogP contribution in [-0.4, -0.2) is 71.4 Å². The first-order chi connectivity index (χ1) is 33.2. The van der Waals surface area contributed by atoms with E-state index in [4.69, 9.17) is 28.4 Å². The van der Waals surface area contributed by atoms with Gasteiger partial charge in [0.1, 0.15) is 29.0 Å². The largest absolute Gasteiger partial charge is 0.462 e. The smallest absolute Gasteiger partial charge is 0.344 e. The van der Waals surface area contributed by atoms with Gasteiger partial charge in [0, 0.05) is 11.8 Å². The maximum absolute atomic E-state index is 12.9. The maximum Gasteiger partial charge on any atom is 0.344 e. The molecule has 0 amide bonds. The van der Waals surface area contributed by atoms with E-state index in [9.17, 15) is 28.8 Å². The van der Waals surface area contributed by atoms with Crippen LogP contribution in [0.25, 0.3) is 0 Å². The highest BCUT2D eigenvalue weighted by molar-refractivity contribution is 5.80. The Morgan fingerprint density at radius 1 is 0.493 bits per heavy atom. The van der Waals surface area contributed by atoms with E-state index in [0.29, 0.717) is 30.1 Å². The lowest BCUT2D eigenvalue weighted by molar-refractivity contribution is -0.208. The summed E-state index contributed by atoms with van der Waals surface area (Å²) in [6, 6.07) is 0. The van der Waals surface area contributed by atoms with Gasteiger partial charge in [-0.15, -0.1) is 0 Å². The lowest BCUT2D eigenvalue weighted by Crippen LogP contribution is -2.58. The lowest BCUT2D eigenvalue weighted by atomic mass is 9.50. The molecule has 10 aliphatic rings. The molecule has 402 valence electrons. The zero-order valence-corrected chi connectivity index (χ0v) is 46.1. The molecule has 0 heterocycles. The molecule has 10 fully saturated rings. The third-order valence-electron chi connectivity index (χ3n) is 20.0. The summed E-state index contributed by atoms with van der Waals surface area (Å²) in [4.78, 5) is 74.4.